The third kappa shape index (κ3) is 5.25. The number of hydrogen-bond donors (Lipinski definition) is 2. The largest absolute Gasteiger partial charge is 0.475 e. The van der Waals surface area contributed by atoms with Gasteiger partial charge in [0.25, 0.3) is 0 Å². The number of nitrogens with two attached hydrogens (primary N) is 2. The summed E-state index contributed by atoms with van der Waals surface area (Å²) in [5.74, 6) is -1.47. The molecule has 3 aliphatic heterocycles. The first kappa shape index (κ1) is 32.2. The van der Waals surface area contributed by atoms with Crippen molar-refractivity contribution in [3.63, 3.8) is 0 Å². The summed E-state index contributed by atoms with van der Waals surface area (Å²) >= 11 is 6.32. The monoisotopic (exact) mass is 691 g/mol. The third-order valence-electron chi connectivity index (χ3n) is 9.44. The van der Waals surface area contributed by atoms with E-state index in [0.29, 0.717) is 18.5 Å². The maximum absolute atomic E-state index is 16.9. The van der Waals surface area contributed by atoms with Gasteiger partial charge in [-0.2, -0.15) is 23.1 Å². The molecule has 48 heavy (non-hydrogen) atoms. The van der Waals surface area contributed by atoms with E-state index in [0.717, 1.165) is 13.3 Å². The van der Waals surface area contributed by atoms with Gasteiger partial charge in [0.05, 0.1) is 34.4 Å². The van der Waals surface area contributed by atoms with Crippen molar-refractivity contribution in [1.82, 2.24) is 29.8 Å². The summed E-state index contributed by atoms with van der Waals surface area (Å²) < 4.78 is 86.8. The first-order valence-corrected chi connectivity index (χ1v) is 15.7. The molecule has 4 N–H and O–H groups in total. The molecule has 3 atom stereocenters. The highest BCUT2D eigenvalue weighted by Crippen LogP contribution is 2.48. The zero-order chi connectivity index (χ0) is 34.1. The van der Waals surface area contributed by atoms with Crippen LogP contribution in [0.4, 0.5) is 39.4 Å². The Morgan fingerprint density at radius 1 is 1.17 bits per heavy atom. The number of anilines is 3. The summed E-state index contributed by atoms with van der Waals surface area (Å²) in [6.07, 6.45) is -2.65. The van der Waals surface area contributed by atoms with E-state index in [9.17, 15) is 17.6 Å². The van der Waals surface area contributed by atoms with Crippen molar-refractivity contribution in [2.75, 3.05) is 49.2 Å². The SMILES string of the molecule is Cc1nc(N)c(Cl)c(-c2nc3c4c(nc(OC[C@]56CCCN5C[C@H](F)C6)nc4c2F)N([C@H](C)c2cccnc2N)CCO3)c1C(F)(F)F. The van der Waals surface area contributed by atoms with Gasteiger partial charge in [-0.25, -0.2) is 23.7 Å². The minimum absolute atomic E-state index is 0.00388. The fourth-order valence-electron chi connectivity index (χ4n) is 7.24. The molecule has 0 amide bonds. The van der Waals surface area contributed by atoms with Gasteiger partial charge in [0, 0.05) is 30.3 Å². The van der Waals surface area contributed by atoms with Gasteiger partial charge >= 0.3 is 12.2 Å². The fraction of sp³-hybridized carbons (Fsp3) is 0.452. The Bertz CT molecular complexity index is 1930. The molecule has 2 fully saturated rings. The number of ether oxygens (including phenoxy) is 2. The molecule has 0 saturated carbocycles. The van der Waals surface area contributed by atoms with Gasteiger partial charge in [0.2, 0.25) is 5.88 Å². The van der Waals surface area contributed by atoms with Crippen LogP contribution >= 0.6 is 11.6 Å². The third-order valence-corrected chi connectivity index (χ3v) is 9.82. The van der Waals surface area contributed by atoms with Gasteiger partial charge in [-0.15, -0.1) is 0 Å². The summed E-state index contributed by atoms with van der Waals surface area (Å²) in [5, 5.41) is -0.626. The first-order chi connectivity index (χ1) is 22.8. The number of aryl methyl sites for hydroxylation is 1. The highest BCUT2D eigenvalue weighted by molar-refractivity contribution is 6.35. The molecule has 0 bridgehead atoms. The van der Waals surface area contributed by atoms with E-state index < -0.39 is 68.6 Å². The van der Waals surface area contributed by atoms with E-state index in [-0.39, 0.29) is 61.6 Å². The minimum Gasteiger partial charge on any atom is -0.475 e. The van der Waals surface area contributed by atoms with E-state index in [2.05, 4.69) is 24.9 Å². The highest BCUT2D eigenvalue weighted by atomic mass is 35.5. The van der Waals surface area contributed by atoms with Gasteiger partial charge in [0.1, 0.15) is 53.4 Å². The predicted octanol–water partition coefficient (Wildman–Crippen LogP) is 5.68. The molecule has 0 aromatic carbocycles. The van der Waals surface area contributed by atoms with Crippen molar-refractivity contribution in [2.45, 2.75) is 57.0 Å². The van der Waals surface area contributed by atoms with Crippen molar-refractivity contribution in [3.05, 3.63) is 46.0 Å². The van der Waals surface area contributed by atoms with Crippen LogP contribution in [0, 0.1) is 12.7 Å². The number of pyridine rings is 3. The average molecular weight is 692 g/mol. The zero-order valence-corrected chi connectivity index (χ0v) is 26.7. The molecule has 11 nitrogen and oxygen atoms in total. The normalized spacial score (nSPS) is 21.7. The predicted molar refractivity (Wildman–Crippen MR) is 168 cm³/mol. The summed E-state index contributed by atoms with van der Waals surface area (Å²) in [4.78, 5) is 25.0. The standard InChI is InChI=1S/C31H31ClF5N9O2/c1-14-20(31(35,36)37)18(21(32)26(39)41-14)23-22(34)24-19-27(44-29(43-24)48-13-30-6-4-8-45(30)12-16(33)11-30)46(9-10-47-28(19)42-23)15(2)17-5-3-7-40-25(17)38/h3,5,7,15-16H,4,6,8-13H2,1-2H3,(H2,38,40)(H2,39,41)/t15-,16-,30-/m1/s1. The van der Waals surface area contributed by atoms with Crippen LogP contribution in [0.5, 0.6) is 11.9 Å². The van der Waals surface area contributed by atoms with Crippen molar-refractivity contribution in [2.24, 2.45) is 0 Å². The van der Waals surface area contributed by atoms with Crippen molar-refractivity contribution < 1.29 is 31.4 Å². The van der Waals surface area contributed by atoms with E-state index in [1.807, 2.05) is 11.8 Å². The molecule has 0 aliphatic carbocycles. The number of halogens is 6. The summed E-state index contributed by atoms with van der Waals surface area (Å²) in [7, 11) is 0. The van der Waals surface area contributed by atoms with E-state index in [1.54, 1.807) is 23.2 Å². The lowest BCUT2D eigenvalue weighted by Gasteiger charge is -2.32. The molecule has 0 spiro atoms. The second-order valence-electron chi connectivity index (χ2n) is 12.3. The van der Waals surface area contributed by atoms with Gasteiger partial charge < -0.3 is 25.8 Å². The first-order valence-electron chi connectivity index (χ1n) is 15.3. The number of fused-ring (bicyclic) bond motifs is 1. The number of rotatable bonds is 6. The molecule has 3 aliphatic rings. The number of nitrogens with zero attached hydrogens (tertiary/aromatic N) is 7. The lowest BCUT2D eigenvalue weighted by molar-refractivity contribution is -0.137. The smallest absolute Gasteiger partial charge is 0.418 e. The molecule has 7 rings (SSSR count). The Kier molecular flexibility index (Phi) is 7.85. The molecular formula is C31H31ClF5N9O2. The number of aromatic nitrogens is 5. The van der Waals surface area contributed by atoms with E-state index in [1.165, 1.54) is 0 Å². The van der Waals surface area contributed by atoms with Crippen LogP contribution in [0.15, 0.2) is 18.3 Å². The summed E-state index contributed by atoms with van der Waals surface area (Å²) in [6, 6.07) is 2.77. The quantitative estimate of drug-likeness (QED) is 0.241. The molecule has 254 valence electrons. The Labute approximate surface area is 276 Å². The molecule has 0 radical (unpaired) electrons. The van der Waals surface area contributed by atoms with Gasteiger partial charge in [-0.05, 0) is 39.3 Å². The van der Waals surface area contributed by atoms with Crippen molar-refractivity contribution in [1.29, 1.82) is 0 Å². The van der Waals surface area contributed by atoms with Crippen LogP contribution in [-0.4, -0.2) is 74.4 Å². The van der Waals surface area contributed by atoms with Crippen molar-refractivity contribution >= 4 is 40.0 Å². The highest BCUT2D eigenvalue weighted by Gasteiger charge is 2.49. The number of alkyl halides is 4. The van der Waals surface area contributed by atoms with Crippen LogP contribution < -0.4 is 25.8 Å². The Hall–Kier alpha value is -4.31. The molecule has 0 unspecified atom stereocenters. The number of hydrogen-bond acceptors (Lipinski definition) is 11. The maximum atomic E-state index is 16.9. The topological polar surface area (TPSA) is 141 Å². The second kappa shape index (κ2) is 11.7. The Balaban J connectivity index is 1.45. The second-order valence-corrected chi connectivity index (χ2v) is 12.7. The fourth-order valence-corrected chi connectivity index (χ4v) is 7.47. The Morgan fingerprint density at radius 3 is 2.71 bits per heavy atom. The Morgan fingerprint density at radius 2 is 1.96 bits per heavy atom. The van der Waals surface area contributed by atoms with E-state index in [4.69, 9.17) is 32.5 Å². The molecule has 17 heteroatoms. The van der Waals surface area contributed by atoms with Crippen LogP contribution in [0.25, 0.3) is 22.2 Å². The number of nitrogen functional groups attached to an aromatic ring is 2. The summed E-state index contributed by atoms with van der Waals surface area (Å²) in [6.45, 7) is 4.13. The molecule has 2 saturated heterocycles. The van der Waals surface area contributed by atoms with Gasteiger partial charge in [0.15, 0.2) is 5.82 Å². The van der Waals surface area contributed by atoms with Gasteiger partial charge in [-0.1, -0.05) is 17.7 Å². The lowest BCUT2D eigenvalue weighted by Crippen LogP contribution is -2.43. The lowest BCUT2D eigenvalue weighted by atomic mass is 9.95. The average Bonchev–Trinajstić information content (AvgIpc) is 3.48. The zero-order valence-electron chi connectivity index (χ0n) is 25.9. The van der Waals surface area contributed by atoms with Crippen LogP contribution in [0.3, 0.4) is 0 Å². The van der Waals surface area contributed by atoms with Crippen LogP contribution in [0.1, 0.15) is 49.0 Å². The van der Waals surface area contributed by atoms with Crippen LogP contribution in [0.2, 0.25) is 5.02 Å². The molecule has 4 aromatic rings. The summed E-state index contributed by atoms with van der Waals surface area (Å²) in [5.41, 5.74) is 8.33. The van der Waals surface area contributed by atoms with Crippen LogP contribution in [-0.2, 0) is 6.18 Å². The van der Waals surface area contributed by atoms with Gasteiger partial charge in [-0.3, -0.25) is 4.90 Å². The van der Waals surface area contributed by atoms with E-state index >= 15 is 4.39 Å². The molecule has 7 heterocycles. The molecular weight excluding hydrogens is 661 g/mol. The molecule has 4 aromatic heterocycles. The minimum atomic E-state index is -5.00. The van der Waals surface area contributed by atoms with Crippen molar-refractivity contribution in [3.8, 4) is 23.1 Å². The maximum Gasteiger partial charge on any atom is 0.418 e.